The van der Waals surface area contributed by atoms with Crippen molar-refractivity contribution in [2.24, 2.45) is 0 Å². The van der Waals surface area contributed by atoms with E-state index in [1.54, 1.807) is 12.3 Å². The monoisotopic (exact) mass is 362 g/mol. The molecular formula is C16H12BrFN2O2. The first kappa shape index (κ1) is 14.7. The Labute approximate surface area is 134 Å². The van der Waals surface area contributed by atoms with Crippen LogP contribution in [0.15, 0.2) is 47.1 Å². The molecule has 0 amide bonds. The second-order valence-corrected chi connectivity index (χ2v) is 5.67. The molecule has 6 heteroatoms. The molecule has 2 heterocycles. The number of ether oxygens (including phenoxy) is 1. The number of nitrogens with zero attached hydrogens (tertiary/aromatic N) is 2. The lowest BCUT2D eigenvalue weighted by molar-refractivity contribution is 0.101. The zero-order chi connectivity index (χ0) is 15.7. The fourth-order valence-electron chi connectivity index (χ4n) is 2.21. The van der Waals surface area contributed by atoms with Crippen molar-refractivity contribution >= 4 is 27.2 Å². The highest BCUT2D eigenvalue weighted by Crippen LogP contribution is 2.28. The molecule has 0 atom stereocenters. The zero-order valence-electron chi connectivity index (χ0n) is 11.7. The maximum atomic E-state index is 13.8. The maximum absolute atomic E-state index is 13.8. The van der Waals surface area contributed by atoms with E-state index < -0.39 is 5.95 Å². The van der Waals surface area contributed by atoms with E-state index in [-0.39, 0.29) is 11.3 Å². The molecule has 0 radical (unpaired) electrons. The number of aromatic nitrogens is 2. The molecule has 0 aliphatic heterocycles. The summed E-state index contributed by atoms with van der Waals surface area (Å²) in [6, 6.07) is 11.4. The molecule has 3 rings (SSSR count). The van der Waals surface area contributed by atoms with Crippen molar-refractivity contribution in [3.8, 4) is 5.75 Å². The molecule has 0 unspecified atom stereocenters. The van der Waals surface area contributed by atoms with Crippen LogP contribution in [-0.4, -0.2) is 15.4 Å². The minimum absolute atomic E-state index is 0.0264. The molecule has 2 aromatic heterocycles. The molecule has 0 aliphatic carbocycles. The maximum Gasteiger partial charge on any atom is 0.244 e. The number of hydrogen-bond acceptors (Lipinski definition) is 3. The van der Waals surface area contributed by atoms with Gasteiger partial charge in [0.15, 0.2) is 5.78 Å². The zero-order valence-corrected chi connectivity index (χ0v) is 13.3. The molecule has 3 aromatic rings. The second kappa shape index (κ2) is 5.88. The van der Waals surface area contributed by atoms with E-state index >= 15 is 0 Å². The molecule has 0 aliphatic rings. The first-order chi connectivity index (χ1) is 10.6. The first-order valence-electron chi connectivity index (χ1n) is 6.61. The van der Waals surface area contributed by atoms with Crippen molar-refractivity contribution in [3.63, 3.8) is 0 Å². The topological polar surface area (TPSA) is 43.6 Å². The van der Waals surface area contributed by atoms with Crippen LogP contribution in [-0.2, 0) is 6.61 Å². The van der Waals surface area contributed by atoms with Gasteiger partial charge in [-0.15, -0.1) is 5.10 Å². The molecule has 0 saturated heterocycles. The van der Waals surface area contributed by atoms with Crippen LogP contribution in [0.5, 0.6) is 5.75 Å². The predicted octanol–water partition coefficient (Wildman–Crippen LogP) is 4.02. The highest BCUT2D eigenvalue weighted by molar-refractivity contribution is 9.10. The van der Waals surface area contributed by atoms with Crippen molar-refractivity contribution in [1.82, 2.24) is 9.61 Å². The van der Waals surface area contributed by atoms with Gasteiger partial charge in [-0.3, -0.25) is 4.79 Å². The minimum atomic E-state index is -0.784. The van der Waals surface area contributed by atoms with Gasteiger partial charge in [0, 0.05) is 4.47 Å². The molecule has 22 heavy (non-hydrogen) atoms. The predicted molar refractivity (Wildman–Crippen MR) is 83.6 cm³/mol. The van der Waals surface area contributed by atoms with Crippen LogP contribution in [0.25, 0.3) is 5.52 Å². The summed E-state index contributed by atoms with van der Waals surface area (Å²) in [6.45, 7) is 1.70. The van der Waals surface area contributed by atoms with E-state index in [0.29, 0.717) is 22.3 Å². The number of carbonyl (C=O) groups excluding carboxylic acids is 1. The number of carbonyl (C=O) groups is 1. The molecule has 0 bridgehead atoms. The number of ketones is 1. The molecule has 0 spiro atoms. The Morgan fingerprint density at radius 1 is 1.36 bits per heavy atom. The molecular weight excluding hydrogens is 351 g/mol. The van der Waals surface area contributed by atoms with E-state index in [4.69, 9.17) is 4.74 Å². The van der Waals surface area contributed by atoms with Gasteiger partial charge in [0.2, 0.25) is 5.95 Å². The van der Waals surface area contributed by atoms with Gasteiger partial charge in [-0.1, -0.05) is 30.3 Å². The van der Waals surface area contributed by atoms with Gasteiger partial charge < -0.3 is 4.74 Å². The molecule has 0 saturated carbocycles. The Hall–Kier alpha value is -2.21. The van der Waals surface area contributed by atoms with E-state index in [1.165, 1.54) is 11.4 Å². The molecule has 4 nitrogen and oxygen atoms in total. The number of benzene rings is 1. The Morgan fingerprint density at radius 3 is 2.77 bits per heavy atom. The Bertz CT molecular complexity index is 846. The summed E-state index contributed by atoms with van der Waals surface area (Å²) in [4.78, 5) is 11.5. The van der Waals surface area contributed by atoms with Crippen molar-refractivity contribution < 1.29 is 13.9 Å². The summed E-state index contributed by atoms with van der Waals surface area (Å²) in [6.07, 6.45) is 1.55. The van der Waals surface area contributed by atoms with Crippen molar-refractivity contribution in [2.45, 2.75) is 13.5 Å². The smallest absolute Gasteiger partial charge is 0.244 e. The van der Waals surface area contributed by atoms with Gasteiger partial charge in [-0.05, 0) is 34.5 Å². The third-order valence-corrected chi connectivity index (χ3v) is 3.82. The Morgan fingerprint density at radius 2 is 2.09 bits per heavy atom. The van der Waals surface area contributed by atoms with Crippen LogP contribution >= 0.6 is 15.9 Å². The number of hydrogen-bond donors (Lipinski definition) is 0. The second-order valence-electron chi connectivity index (χ2n) is 4.81. The summed E-state index contributed by atoms with van der Waals surface area (Å²) in [5, 5.41) is 3.73. The lowest BCUT2D eigenvalue weighted by Gasteiger charge is -2.08. The first-order valence-corrected chi connectivity index (χ1v) is 7.40. The third-order valence-electron chi connectivity index (χ3n) is 3.21. The van der Waals surface area contributed by atoms with Gasteiger partial charge in [0.1, 0.15) is 17.9 Å². The van der Waals surface area contributed by atoms with Crippen LogP contribution in [0, 0.1) is 5.95 Å². The lowest BCUT2D eigenvalue weighted by atomic mass is 10.2. The quantitative estimate of drug-likeness (QED) is 0.658. The number of fused-ring (bicyclic) bond motifs is 1. The van der Waals surface area contributed by atoms with E-state index in [0.717, 1.165) is 5.56 Å². The van der Waals surface area contributed by atoms with Crippen LogP contribution < -0.4 is 4.74 Å². The summed E-state index contributed by atoms with van der Waals surface area (Å²) >= 11 is 3.35. The summed E-state index contributed by atoms with van der Waals surface area (Å²) < 4.78 is 21.4. The summed E-state index contributed by atoms with van der Waals surface area (Å²) in [5.41, 5.74) is 1.40. The van der Waals surface area contributed by atoms with Gasteiger partial charge in [-0.25, -0.2) is 4.52 Å². The summed E-state index contributed by atoms with van der Waals surface area (Å²) in [7, 11) is 0. The molecule has 0 fully saturated rings. The van der Waals surface area contributed by atoms with Gasteiger partial charge in [0.25, 0.3) is 0 Å². The van der Waals surface area contributed by atoms with Gasteiger partial charge >= 0.3 is 0 Å². The Kier molecular flexibility index (Phi) is 3.94. The number of pyridine rings is 1. The molecule has 0 N–H and O–H groups in total. The average Bonchev–Trinajstić information content (AvgIpc) is 2.83. The van der Waals surface area contributed by atoms with Gasteiger partial charge in [-0.2, -0.15) is 4.39 Å². The SMILES string of the molecule is CC(=O)c1c(F)nn2cc(OCc3ccccc3)cc(Br)c12. The van der Waals surface area contributed by atoms with Crippen LogP contribution in [0.2, 0.25) is 0 Å². The number of rotatable bonds is 4. The Balaban J connectivity index is 1.94. The van der Waals surface area contributed by atoms with Crippen molar-refractivity contribution in [2.75, 3.05) is 0 Å². The van der Waals surface area contributed by atoms with E-state index in [2.05, 4.69) is 21.0 Å². The van der Waals surface area contributed by atoms with Gasteiger partial charge in [0.05, 0.1) is 11.7 Å². The fraction of sp³-hybridized carbons (Fsp3) is 0.125. The van der Waals surface area contributed by atoms with Crippen LogP contribution in [0.4, 0.5) is 4.39 Å². The minimum Gasteiger partial charge on any atom is -0.487 e. The average molecular weight is 363 g/mol. The van der Waals surface area contributed by atoms with E-state index in [9.17, 15) is 9.18 Å². The number of halogens is 2. The molecule has 112 valence electrons. The van der Waals surface area contributed by atoms with Crippen molar-refractivity contribution in [3.05, 3.63) is 64.1 Å². The highest BCUT2D eigenvalue weighted by atomic mass is 79.9. The lowest BCUT2D eigenvalue weighted by Crippen LogP contribution is -1.98. The normalized spacial score (nSPS) is 10.9. The van der Waals surface area contributed by atoms with Crippen molar-refractivity contribution in [1.29, 1.82) is 0 Å². The van der Waals surface area contributed by atoms with E-state index in [1.807, 2.05) is 30.3 Å². The largest absolute Gasteiger partial charge is 0.487 e. The standard InChI is InChI=1S/C16H12BrFN2O2/c1-10(21)14-15-13(17)7-12(8-20(15)19-16(14)18)22-9-11-5-3-2-4-6-11/h2-8H,9H2,1H3. The molecule has 1 aromatic carbocycles. The number of Topliss-reactive ketones (excluding diaryl/α,β-unsaturated/α-hetero) is 1. The third kappa shape index (κ3) is 2.74. The summed E-state index contributed by atoms with van der Waals surface area (Å²) in [5.74, 6) is -0.625. The highest BCUT2D eigenvalue weighted by Gasteiger charge is 2.19. The van der Waals surface area contributed by atoms with Crippen LogP contribution in [0.1, 0.15) is 22.8 Å². The fourth-order valence-corrected chi connectivity index (χ4v) is 2.82. The van der Waals surface area contributed by atoms with Crippen LogP contribution in [0.3, 0.4) is 0 Å².